The molecule has 1 aliphatic carbocycles. The molecule has 0 aromatic rings. The summed E-state index contributed by atoms with van der Waals surface area (Å²) in [4.78, 5) is 78.4. The third-order valence-corrected chi connectivity index (χ3v) is 9.88. The van der Waals surface area contributed by atoms with E-state index in [1.807, 2.05) is 0 Å². The summed E-state index contributed by atoms with van der Waals surface area (Å²) in [6.07, 6.45) is -3.94. The molecule has 0 spiro atoms. The van der Waals surface area contributed by atoms with Gasteiger partial charge in [-0.3, -0.25) is 23.3 Å². The van der Waals surface area contributed by atoms with Crippen LogP contribution < -0.4 is 33.1 Å². The van der Waals surface area contributed by atoms with Crippen LogP contribution in [-0.2, 0) is 50.9 Å². The maximum Gasteiger partial charge on any atom is 0.306 e. The van der Waals surface area contributed by atoms with E-state index in [2.05, 4.69) is 27.4 Å². The minimum Gasteiger partial charge on any atom is -0.756 e. The number of quaternary nitrogens is 3. The van der Waals surface area contributed by atoms with Gasteiger partial charge in [0.15, 0.2) is 6.10 Å². The summed E-state index contributed by atoms with van der Waals surface area (Å²) in [6, 6.07) is 0. The lowest BCUT2D eigenvalue weighted by Crippen LogP contribution is -2.65. The van der Waals surface area contributed by atoms with E-state index in [9.17, 15) is 53.3 Å². The van der Waals surface area contributed by atoms with Crippen molar-refractivity contribution < 1.29 is 90.6 Å². The van der Waals surface area contributed by atoms with Crippen LogP contribution in [0.4, 0.5) is 0 Å². The van der Waals surface area contributed by atoms with Crippen molar-refractivity contribution in [3.05, 3.63) is 0 Å². The molecule has 1 fully saturated rings. The van der Waals surface area contributed by atoms with Crippen molar-refractivity contribution in [3.63, 3.8) is 0 Å². The Labute approximate surface area is 316 Å². The Morgan fingerprint density at radius 2 is 0.963 bits per heavy atom. The van der Waals surface area contributed by atoms with Crippen molar-refractivity contribution >= 4 is 35.4 Å². The van der Waals surface area contributed by atoms with E-state index in [4.69, 9.17) is 23.8 Å². The Balaban J connectivity index is -0.00000867. The fourth-order valence-electron chi connectivity index (χ4n) is 5.27. The number of esters is 2. The van der Waals surface area contributed by atoms with Crippen molar-refractivity contribution in [1.82, 2.24) is 18.5 Å². The molecule has 25 heteroatoms. The normalized spacial score (nSPS) is 24.9. The van der Waals surface area contributed by atoms with E-state index in [1.165, 1.54) is 0 Å². The second-order valence-corrected chi connectivity index (χ2v) is 16.1. The zero-order chi connectivity index (χ0) is 38.7. The molecule has 0 aromatic heterocycles. The first-order valence-corrected chi connectivity index (χ1v) is 21.7. The highest BCUT2D eigenvalue weighted by Crippen LogP contribution is 2.48. The number of unbranched alkanes of at least 4 members (excludes halogenated alkanes) is 12. The monoisotopic (exact) mass is 853 g/mol. The Kier molecular flexibility index (Phi) is 31.1. The van der Waals surface area contributed by atoms with Gasteiger partial charge in [0, 0.05) is 12.8 Å². The number of ether oxygens (including phenoxy) is 2. The van der Waals surface area contributed by atoms with E-state index in [1.54, 1.807) is 0 Å². The van der Waals surface area contributed by atoms with E-state index in [0.717, 1.165) is 77.0 Å². The maximum atomic E-state index is 12.8. The highest BCUT2D eigenvalue weighted by atomic mass is 31.2. The molecule has 1 rings (SSSR count). The number of aliphatic hydroxyl groups is 3. The first-order chi connectivity index (χ1) is 23.8. The van der Waals surface area contributed by atoms with Gasteiger partial charge < -0.3 is 85.8 Å². The van der Waals surface area contributed by atoms with Crippen LogP contribution >= 0.6 is 23.5 Å². The molecule has 22 nitrogen and oxygen atoms in total. The van der Waals surface area contributed by atoms with Crippen LogP contribution in [0, 0.1) is 0 Å². The molecule has 17 N–H and O–H groups in total. The van der Waals surface area contributed by atoms with E-state index in [0.29, 0.717) is 12.8 Å². The van der Waals surface area contributed by atoms with Crippen LogP contribution in [0.15, 0.2) is 0 Å². The molecular weight excluding hydrogens is 787 g/mol. The second-order valence-electron chi connectivity index (χ2n) is 12.4. The number of aliphatic hydroxyl groups excluding tert-OH is 3. The summed E-state index contributed by atoms with van der Waals surface area (Å²) in [6.45, 7) is 2.60. The van der Waals surface area contributed by atoms with Crippen LogP contribution in [-0.4, -0.2) is 93.0 Å². The summed E-state index contributed by atoms with van der Waals surface area (Å²) in [5.74, 6) is -1.37. The van der Waals surface area contributed by atoms with Crippen LogP contribution in [0.1, 0.15) is 117 Å². The van der Waals surface area contributed by atoms with Crippen LogP contribution in [0.25, 0.3) is 0 Å². The van der Waals surface area contributed by atoms with Crippen LogP contribution in [0.3, 0.4) is 0 Å². The summed E-state index contributed by atoms with van der Waals surface area (Å²) in [5, 5.41) is 31.3. The molecule has 0 saturated heterocycles. The smallest absolute Gasteiger partial charge is 0.306 e. The van der Waals surface area contributed by atoms with Gasteiger partial charge in [0.2, 0.25) is 0 Å². The second kappa shape index (κ2) is 29.3. The minimum absolute atomic E-state index is 0. The molecule has 0 bridgehead atoms. The highest BCUT2D eigenvalue weighted by molar-refractivity contribution is 7.46. The summed E-state index contributed by atoms with van der Waals surface area (Å²) < 4.78 is 63.5. The largest absolute Gasteiger partial charge is 0.756 e. The predicted octanol–water partition coefficient (Wildman–Crippen LogP) is 2.51. The van der Waals surface area contributed by atoms with Gasteiger partial charge in [-0.25, -0.2) is 0 Å². The van der Waals surface area contributed by atoms with Crippen molar-refractivity contribution in [2.24, 2.45) is 0 Å². The van der Waals surface area contributed by atoms with Gasteiger partial charge in [0.25, 0.3) is 23.5 Å². The molecule has 54 heavy (non-hydrogen) atoms. The van der Waals surface area contributed by atoms with Gasteiger partial charge >= 0.3 is 11.9 Å². The number of hydrogen-bond acceptors (Lipinski definition) is 17. The van der Waals surface area contributed by atoms with Crippen molar-refractivity contribution in [2.45, 2.75) is 159 Å². The van der Waals surface area contributed by atoms with Gasteiger partial charge in [-0.05, 0) is 12.8 Å². The lowest BCUT2D eigenvalue weighted by Gasteiger charge is -2.47. The molecule has 326 valence electrons. The number of carbonyl (C=O) groups is 2. The average Bonchev–Trinajstić information content (AvgIpc) is 3.03. The number of phosphoric ester groups is 3. The average molecular weight is 854 g/mol. The number of hydrogen-bond donors (Lipinski definition) is 8. The number of phosphoric acid groups is 3. The van der Waals surface area contributed by atoms with E-state index < -0.39 is 91.3 Å². The fraction of sp³-hybridized carbons (Fsp3) is 0.931. The lowest BCUT2D eigenvalue weighted by molar-refractivity contribution is -0.280. The van der Waals surface area contributed by atoms with Crippen molar-refractivity contribution in [3.8, 4) is 0 Å². The van der Waals surface area contributed by atoms with Crippen molar-refractivity contribution in [2.75, 3.05) is 13.2 Å². The molecule has 0 radical (unpaired) electrons. The van der Waals surface area contributed by atoms with Gasteiger partial charge in [-0.15, -0.1) is 0 Å². The maximum absolute atomic E-state index is 12.8. The zero-order valence-electron chi connectivity index (χ0n) is 32.1. The van der Waals surface area contributed by atoms with Gasteiger partial charge in [0.1, 0.15) is 43.2 Å². The molecule has 10 atom stereocenters. The van der Waals surface area contributed by atoms with Crippen LogP contribution in [0.5, 0.6) is 0 Å². The Morgan fingerprint density at radius 1 is 0.574 bits per heavy atom. The zero-order valence-corrected chi connectivity index (χ0v) is 34.7. The predicted molar refractivity (Wildman–Crippen MR) is 190 cm³/mol. The number of carbonyl (C=O) groups excluding carboxylic acids is 2. The fourth-order valence-corrected chi connectivity index (χ4v) is 7.33. The van der Waals surface area contributed by atoms with Gasteiger partial charge in [-0.1, -0.05) is 90.9 Å². The standard InChI is InChI=1S/C29H57O19P3.3H3N/c1-3-5-7-9-11-13-15-17-22(30)43-19-21(45-23(31)18-16-14-12-10-8-6-4-2)20-44-51(41,42)48-27-24(32)25(33)28(46-49(35,36)37)29(26(27)34)47-50(38,39)40;;;/h21,24-29,32-34H,3-20H2,1-2H3,(H,41,42)(H2,35,36,37)(H2,38,39,40);3*1H3/t21-,24-,25+,26+,27-,28-,29-;;;/m1.../s1. The SMILES string of the molecule is CCCCCCCCCC(=O)OC[C@H](COP(=O)([O-])O[C@@H]1[C@H](O)[C@H](O)[C@@H](OP(=O)([O-])O)[C@H](OP(=O)([O-])O)[C@H]1O)OC(=O)CCCCCCCCC.[NH4+].[NH4+].[NH4+]. The first kappa shape index (κ1) is 57.4. The van der Waals surface area contributed by atoms with Crippen LogP contribution in [0.2, 0.25) is 0 Å². The topological polar surface area (TPSA) is 421 Å². The third kappa shape index (κ3) is 25.3. The van der Waals surface area contributed by atoms with E-state index in [-0.39, 0.29) is 31.3 Å². The lowest BCUT2D eigenvalue weighted by atomic mass is 9.85. The molecule has 0 aliphatic heterocycles. The molecule has 0 amide bonds. The quantitative estimate of drug-likeness (QED) is 0.0318. The highest BCUT2D eigenvalue weighted by Gasteiger charge is 2.54. The molecule has 0 aromatic carbocycles. The van der Waals surface area contributed by atoms with Gasteiger partial charge in [-0.2, -0.15) is 0 Å². The Hall–Kier alpha value is -0.970. The Bertz CT molecular complexity index is 1160. The number of rotatable bonds is 28. The first-order valence-electron chi connectivity index (χ1n) is 17.3. The minimum atomic E-state index is -5.87. The summed E-state index contributed by atoms with van der Waals surface area (Å²) in [5.41, 5.74) is 0. The van der Waals surface area contributed by atoms with E-state index >= 15 is 0 Å². The summed E-state index contributed by atoms with van der Waals surface area (Å²) in [7, 11) is -17.4. The Morgan fingerprint density at radius 3 is 1.41 bits per heavy atom. The van der Waals surface area contributed by atoms with Crippen molar-refractivity contribution in [1.29, 1.82) is 0 Å². The third-order valence-electron chi connectivity index (χ3n) is 7.90. The molecule has 1 aliphatic rings. The van der Waals surface area contributed by atoms with Gasteiger partial charge in [0.05, 0.1) is 6.61 Å². The molecule has 1 saturated carbocycles. The molecule has 0 heterocycles. The molecular formula is C29H66N3O19P3. The summed E-state index contributed by atoms with van der Waals surface area (Å²) >= 11 is 0. The molecule has 3 unspecified atom stereocenters.